The highest BCUT2D eigenvalue weighted by atomic mass is 35.5. The summed E-state index contributed by atoms with van der Waals surface area (Å²) in [6.07, 6.45) is 5.69. The second kappa shape index (κ2) is 6.99. The number of hydrogen-bond acceptors (Lipinski definition) is 3. The number of rotatable bonds is 4. The van der Waals surface area contributed by atoms with Crippen LogP contribution in [0.2, 0.25) is 5.02 Å². The van der Waals surface area contributed by atoms with Gasteiger partial charge in [0.2, 0.25) is 0 Å². The molecule has 0 unspecified atom stereocenters. The van der Waals surface area contributed by atoms with Crippen molar-refractivity contribution in [2.75, 3.05) is 6.54 Å². The van der Waals surface area contributed by atoms with Crippen LogP contribution in [0.25, 0.3) is 10.9 Å². The van der Waals surface area contributed by atoms with Gasteiger partial charge in [0.15, 0.2) is 0 Å². The van der Waals surface area contributed by atoms with E-state index in [0.717, 1.165) is 42.5 Å². The molecule has 2 amide bonds. The molecule has 1 fully saturated rings. The van der Waals surface area contributed by atoms with Crippen LogP contribution in [0.4, 0.5) is 4.79 Å². The predicted molar refractivity (Wildman–Crippen MR) is 99.9 cm³/mol. The quantitative estimate of drug-likeness (QED) is 0.765. The lowest BCUT2D eigenvalue weighted by atomic mass is 10.2. The van der Waals surface area contributed by atoms with Crippen molar-refractivity contribution >= 4 is 28.5 Å². The largest absolute Gasteiger partial charge is 0.332 e. The molecule has 0 radical (unpaired) electrons. The van der Waals surface area contributed by atoms with E-state index in [1.54, 1.807) is 10.9 Å². The number of urea groups is 1. The molecule has 0 bridgehead atoms. The number of aromatic nitrogens is 4. The summed E-state index contributed by atoms with van der Waals surface area (Å²) in [6.45, 7) is 1.84. The molecule has 8 heteroatoms. The van der Waals surface area contributed by atoms with Gasteiger partial charge in [0.05, 0.1) is 35.4 Å². The van der Waals surface area contributed by atoms with Crippen molar-refractivity contribution in [2.45, 2.75) is 32.0 Å². The van der Waals surface area contributed by atoms with Crippen molar-refractivity contribution in [1.82, 2.24) is 29.8 Å². The Labute approximate surface area is 156 Å². The first-order chi connectivity index (χ1) is 12.6. The molecule has 1 atom stereocenters. The SMILES string of the molecule is Cn1nc(CNC(=O)N2CCC[C@@H]2Cn2cccn2)c2c(Cl)cccc21. The number of carbonyl (C=O) groups is 1. The molecular weight excluding hydrogens is 352 g/mol. The highest BCUT2D eigenvalue weighted by molar-refractivity contribution is 6.35. The monoisotopic (exact) mass is 372 g/mol. The molecule has 1 aliphatic rings. The van der Waals surface area contributed by atoms with Crippen LogP contribution >= 0.6 is 11.6 Å². The number of benzene rings is 1. The van der Waals surface area contributed by atoms with Crippen LogP contribution < -0.4 is 5.32 Å². The maximum absolute atomic E-state index is 12.7. The Hall–Kier alpha value is -2.54. The first-order valence-corrected chi connectivity index (χ1v) is 9.13. The van der Waals surface area contributed by atoms with Gasteiger partial charge in [-0.05, 0) is 31.0 Å². The number of nitrogens with zero attached hydrogens (tertiary/aromatic N) is 5. The summed E-state index contributed by atoms with van der Waals surface area (Å²) in [5.74, 6) is 0. The average molecular weight is 373 g/mol. The van der Waals surface area contributed by atoms with Gasteiger partial charge in [-0.25, -0.2) is 4.79 Å². The van der Waals surface area contributed by atoms with Crippen LogP contribution in [-0.4, -0.2) is 43.1 Å². The maximum atomic E-state index is 12.7. The lowest BCUT2D eigenvalue weighted by Gasteiger charge is -2.24. The van der Waals surface area contributed by atoms with E-state index in [0.29, 0.717) is 11.6 Å². The zero-order chi connectivity index (χ0) is 18.1. The highest BCUT2D eigenvalue weighted by Crippen LogP contribution is 2.26. The molecule has 1 aromatic carbocycles. The molecule has 0 aliphatic carbocycles. The van der Waals surface area contributed by atoms with Gasteiger partial charge < -0.3 is 10.2 Å². The summed E-state index contributed by atoms with van der Waals surface area (Å²) in [4.78, 5) is 14.6. The lowest BCUT2D eigenvalue weighted by molar-refractivity contribution is 0.185. The van der Waals surface area contributed by atoms with Gasteiger partial charge in [-0.15, -0.1) is 0 Å². The molecule has 0 spiro atoms. The van der Waals surface area contributed by atoms with Crippen LogP contribution in [0.5, 0.6) is 0 Å². The summed E-state index contributed by atoms with van der Waals surface area (Å²) < 4.78 is 3.67. The topological polar surface area (TPSA) is 68.0 Å². The molecule has 7 nitrogen and oxygen atoms in total. The number of carbonyl (C=O) groups excluding carboxylic acids is 1. The third kappa shape index (κ3) is 3.14. The Morgan fingerprint density at radius 3 is 3.08 bits per heavy atom. The van der Waals surface area contributed by atoms with E-state index in [9.17, 15) is 4.79 Å². The van der Waals surface area contributed by atoms with E-state index in [1.165, 1.54) is 0 Å². The van der Waals surface area contributed by atoms with Crippen molar-refractivity contribution in [2.24, 2.45) is 7.05 Å². The molecule has 0 saturated carbocycles. The average Bonchev–Trinajstić information content (AvgIpc) is 3.35. The van der Waals surface area contributed by atoms with Crippen molar-refractivity contribution in [3.8, 4) is 0 Å². The number of nitrogens with one attached hydrogen (secondary N) is 1. The Bertz CT molecular complexity index is 919. The Morgan fingerprint density at radius 1 is 1.38 bits per heavy atom. The normalized spacial score (nSPS) is 17.2. The summed E-state index contributed by atoms with van der Waals surface area (Å²) in [7, 11) is 1.88. The molecule has 1 saturated heterocycles. The smallest absolute Gasteiger partial charge is 0.318 e. The Morgan fingerprint density at radius 2 is 2.27 bits per heavy atom. The van der Waals surface area contributed by atoms with E-state index < -0.39 is 0 Å². The van der Waals surface area contributed by atoms with Gasteiger partial charge >= 0.3 is 6.03 Å². The standard InChI is InChI=1S/C18H21ClN6O/c1-23-16-7-2-6-14(19)17(16)15(22-23)11-20-18(26)25-10-3-5-13(25)12-24-9-4-8-21-24/h2,4,6-9,13H,3,5,10-12H2,1H3,(H,20,26)/t13-/m1/s1. The summed E-state index contributed by atoms with van der Waals surface area (Å²) >= 11 is 6.33. The van der Waals surface area contributed by atoms with Crippen LogP contribution in [0, 0.1) is 0 Å². The zero-order valence-electron chi connectivity index (χ0n) is 14.6. The first-order valence-electron chi connectivity index (χ1n) is 8.75. The zero-order valence-corrected chi connectivity index (χ0v) is 15.4. The van der Waals surface area contributed by atoms with E-state index in [2.05, 4.69) is 15.5 Å². The number of fused-ring (bicyclic) bond motifs is 1. The minimum Gasteiger partial charge on any atom is -0.332 e. The first kappa shape index (κ1) is 16.9. The molecule has 4 rings (SSSR count). The molecule has 26 heavy (non-hydrogen) atoms. The molecule has 2 aromatic heterocycles. The molecule has 3 heterocycles. The fourth-order valence-electron chi connectivity index (χ4n) is 3.65. The molecular formula is C18H21ClN6O. The number of aryl methyl sites for hydroxylation is 1. The van der Waals surface area contributed by atoms with Crippen molar-refractivity contribution in [1.29, 1.82) is 0 Å². The van der Waals surface area contributed by atoms with Crippen LogP contribution in [0.3, 0.4) is 0 Å². The second-order valence-corrected chi connectivity index (χ2v) is 6.99. The fraction of sp³-hybridized carbons (Fsp3) is 0.389. The number of amides is 2. The third-order valence-corrected chi connectivity index (χ3v) is 5.22. The minimum absolute atomic E-state index is 0.0643. The van der Waals surface area contributed by atoms with E-state index >= 15 is 0 Å². The second-order valence-electron chi connectivity index (χ2n) is 6.58. The van der Waals surface area contributed by atoms with Gasteiger partial charge in [0, 0.05) is 31.4 Å². The van der Waals surface area contributed by atoms with Gasteiger partial charge in [-0.2, -0.15) is 10.2 Å². The van der Waals surface area contributed by atoms with E-state index in [1.807, 2.05) is 47.1 Å². The predicted octanol–water partition coefficient (Wildman–Crippen LogP) is 2.80. The third-order valence-electron chi connectivity index (χ3n) is 4.90. The molecule has 1 N–H and O–H groups in total. The molecule has 1 aliphatic heterocycles. The fourth-order valence-corrected chi connectivity index (χ4v) is 3.93. The van der Waals surface area contributed by atoms with Gasteiger partial charge in [0.25, 0.3) is 0 Å². The van der Waals surface area contributed by atoms with E-state index in [-0.39, 0.29) is 12.1 Å². The van der Waals surface area contributed by atoms with Gasteiger partial charge in [-0.3, -0.25) is 9.36 Å². The number of hydrogen-bond donors (Lipinski definition) is 1. The lowest BCUT2D eigenvalue weighted by Crippen LogP contribution is -2.44. The molecule has 3 aromatic rings. The van der Waals surface area contributed by atoms with E-state index in [4.69, 9.17) is 11.6 Å². The van der Waals surface area contributed by atoms with Crippen LogP contribution in [0.15, 0.2) is 36.7 Å². The summed E-state index contributed by atoms with van der Waals surface area (Å²) in [5, 5.41) is 13.3. The maximum Gasteiger partial charge on any atom is 0.318 e. The van der Waals surface area contributed by atoms with Crippen LogP contribution in [-0.2, 0) is 20.1 Å². The van der Waals surface area contributed by atoms with Gasteiger partial charge in [0.1, 0.15) is 0 Å². The van der Waals surface area contributed by atoms with Crippen molar-refractivity contribution in [3.05, 3.63) is 47.4 Å². The Balaban J connectivity index is 1.45. The van der Waals surface area contributed by atoms with Crippen LogP contribution in [0.1, 0.15) is 18.5 Å². The summed E-state index contributed by atoms with van der Waals surface area (Å²) in [6, 6.07) is 7.72. The van der Waals surface area contributed by atoms with Crippen molar-refractivity contribution < 1.29 is 4.79 Å². The van der Waals surface area contributed by atoms with Crippen molar-refractivity contribution in [3.63, 3.8) is 0 Å². The van der Waals surface area contributed by atoms with Gasteiger partial charge in [-0.1, -0.05) is 17.7 Å². The highest BCUT2D eigenvalue weighted by Gasteiger charge is 2.29. The summed E-state index contributed by atoms with van der Waals surface area (Å²) in [5.41, 5.74) is 1.74. The Kier molecular flexibility index (Phi) is 4.55. The number of halogens is 1. The molecule has 136 valence electrons. The number of likely N-dealkylation sites (tertiary alicyclic amines) is 1. The minimum atomic E-state index is -0.0643.